The summed E-state index contributed by atoms with van der Waals surface area (Å²) in [7, 11) is 1.61. The van der Waals surface area contributed by atoms with E-state index in [1.54, 1.807) is 16.9 Å². The molecular formula is C19H23N5O3. The molecule has 2 heterocycles. The molecule has 1 fully saturated rings. The predicted octanol–water partition coefficient (Wildman–Crippen LogP) is 1.84. The monoisotopic (exact) mass is 369 g/mol. The Morgan fingerprint density at radius 3 is 2.37 bits per heavy atom. The van der Waals surface area contributed by atoms with Crippen molar-refractivity contribution in [2.75, 3.05) is 38.6 Å². The van der Waals surface area contributed by atoms with Gasteiger partial charge in [0.05, 0.1) is 25.2 Å². The van der Waals surface area contributed by atoms with Gasteiger partial charge in [-0.25, -0.2) is 9.97 Å². The molecule has 1 N–H and O–H groups in total. The van der Waals surface area contributed by atoms with Crippen molar-refractivity contribution in [2.45, 2.75) is 13.8 Å². The Morgan fingerprint density at radius 1 is 1.07 bits per heavy atom. The van der Waals surface area contributed by atoms with E-state index in [2.05, 4.69) is 15.3 Å². The maximum atomic E-state index is 12.6. The van der Waals surface area contributed by atoms with Crippen LogP contribution in [0.5, 0.6) is 5.75 Å². The number of aromatic nitrogens is 2. The van der Waals surface area contributed by atoms with Gasteiger partial charge in [0, 0.05) is 33.1 Å². The number of anilines is 2. The third-order valence-electron chi connectivity index (χ3n) is 4.50. The van der Waals surface area contributed by atoms with Gasteiger partial charge in [0.1, 0.15) is 17.3 Å². The lowest BCUT2D eigenvalue weighted by molar-refractivity contribution is -0.130. The Bertz CT molecular complexity index is 830. The highest BCUT2D eigenvalue weighted by molar-refractivity contribution is 5.92. The number of hydrogen-bond acceptors (Lipinski definition) is 6. The minimum atomic E-state index is -0.176. The summed E-state index contributed by atoms with van der Waals surface area (Å²) in [6.45, 7) is 5.62. The molecule has 1 aliphatic rings. The molecular weight excluding hydrogens is 346 g/mol. The molecule has 8 nitrogen and oxygen atoms in total. The van der Waals surface area contributed by atoms with E-state index in [9.17, 15) is 9.59 Å². The van der Waals surface area contributed by atoms with Crippen LogP contribution in [0.25, 0.3) is 0 Å². The van der Waals surface area contributed by atoms with Crippen molar-refractivity contribution in [2.24, 2.45) is 0 Å². The molecule has 1 saturated heterocycles. The SMILES string of the molecule is COc1ccc(C)cc1Nc1cnc(C(=O)N2CCN(C(C)=O)CC2)cn1. The van der Waals surface area contributed by atoms with Crippen LogP contribution < -0.4 is 10.1 Å². The second kappa shape index (κ2) is 8.03. The number of aryl methyl sites for hydroxylation is 1. The fourth-order valence-electron chi connectivity index (χ4n) is 2.95. The molecule has 0 atom stereocenters. The average molecular weight is 369 g/mol. The normalized spacial score (nSPS) is 14.0. The van der Waals surface area contributed by atoms with Gasteiger partial charge < -0.3 is 19.9 Å². The van der Waals surface area contributed by atoms with Gasteiger partial charge in [0.15, 0.2) is 0 Å². The van der Waals surface area contributed by atoms with Crippen LogP contribution in [0.4, 0.5) is 11.5 Å². The Hall–Kier alpha value is -3.16. The van der Waals surface area contributed by atoms with E-state index in [-0.39, 0.29) is 17.5 Å². The van der Waals surface area contributed by atoms with E-state index in [4.69, 9.17) is 4.74 Å². The first-order chi connectivity index (χ1) is 13.0. The summed E-state index contributed by atoms with van der Waals surface area (Å²) >= 11 is 0. The lowest BCUT2D eigenvalue weighted by atomic mass is 10.2. The fraction of sp³-hybridized carbons (Fsp3) is 0.368. The van der Waals surface area contributed by atoms with Crippen molar-refractivity contribution in [3.05, 3.63) is 41.9 Å². The number of ether oxygens (including phenoxy) is 1. The van der Waals surface area contributed by atoms with Crippen LogP contribution in [0, 0.1) is 6.92 Å². The van der Waals surface area contributed by atoms with Crippen molar-refractivity contribution in [1.29, 1.82) is 0 Å². The Balaban J connectivity index is 1.66. The summed E-state index contributed by atoms with van der Waals surface area (Å²) in [5.74, 6) is 1.08. The first kappa shape index (κ1) is 18.6. The number of hydrogen-bond donors (Lipinski definition) is 1. The Kier molecular flexibility index (Phi) is 5.54. The third kappa shape index (κ3) is 4.33. The minimum Gasteiger partial charge on any atom is -0.495 e. The minimum absolute atomic E-state index is 0.0314. The molecule has 0 aliphatic carbocycles. The van der Waals surface area contributed by atoms with Gasteiger partial charge in [0.2, 0.25) is 5.91 Å². The Morgan fingerprint density at radius 2 is 1.78 bits per heavy atom. The largest absolute Gasteiger partial charge is 0.495 e. The van der Waals surface area contributed by atoms with Crippen molar-refractivity contribution in [3.63, 3.8) is 0 Å². The van der Waals surface area contributed by atoms with Gasteiger partial charge in [-0.15, -0.1) is 0 Å². The van der Waals surface area contributed by atoms with Gasteiger partial charge in [-0.3, -0.25) is 9.59 Å². The molecule has 1 aromatic carbocycles. The number of carbonyl (C=O) groups is 2. The molecule has 2 aromatic rings. The quantitative estimate of drug-likeness (QED) is 0.885. The predicted molar refractivity (Wildman–Crippen MR) is 101 cm³/mol. The number of rotatable bonds is 4. The Labute approximate surface area is 158 Å². The summed E-state index contributed by atoms with van der Waals surface area (Å²) in [6.07, 6.45) is 2.99. The molecule has 0 unspecified atom stereocenters. The summed E-state index contributed by atoms with van der Waals surface area (Å²) in [5, 5.41) is 3.16. The van der Waals surface area contributed by atoms with E-state index in [1.165, 1.54) is 19.3 Å². The van der Waals surface area contributed by atoms with E-state index >= 15 is 0 Å². The second-order valence-corrected chi connectivity index (χ2v) is 6.41. The number of nitrogens with zero attached hydrogens (tertiary/aromatic N) is 4. The molecule has 3 rings (SSSR count). The molecule has 8 heteroatoms. The molecule has 27 heavy (non-hydrogen) atoms. The highest BCUT2D eigenvalue weighted by Crippen LogP contribution is 2.27. The third-order valence-corrected chi connectivity index (χ3v) is 4.50. The number of carbonyl (C=O) groups excluding carboxylic acids is 2. The zero-order valence-electron chi connectivity index (χ0n) is 15.7. The molecule has 1 aromatic heterocycles. The van der Waals surface area contributed by atoms with Gasteiger partial charge in [0.25, 0.3) is 5.91 Å². The van der Waals surface area contributed by atoms with E-state index in [0.717, 1.165) is 11.3 Å². The second-order valence-electron chi connectivity index (χ2n) is 6.41. The van der Waals surface area contributed by atoms with Crippen LogP contribution in [-0.4, -0.2) is 64.9 Å². The van der Waals surface area contributed by atoms with Gasteiger partial charge >= 0.3 is 0 Å². The van der Waals surface area contributed by atoms with E-state index in [0.29, 0.717) is 37.7 Å². The first-order valence-electron chi connectivity index (χ1n) is 8.76. The van der Waals surface area contributed by atoms with Crippen molar-refractivity contribution in [1.82, 2.24) is 19.8 Å². The number of nitrogens with one attached hydrogen (secondary N) is 1. The number of benzene rings is 1. The topological polar surface area (TPSA) is 87.7 Å². The molecule has 0 bridgehead atoms. The molecule has 142 valence electrons. The van der Waals surface area contributed by atoms with Crippen molar-refractivity contribution in [3.8, 4) is 5.75 Å². The van der Waals surface area contributed by atoms with E-state index < -0.39 is 0 Å². The number of methoxy groups -OCH3 is 1. The maximum absolute atomic E-state index is 12.6. The number of piperazine rings is 1. The van der Waals surface area contributed by atoms with Crippen LogP contribution >= 0.6 is 0 Å². The lowest BCUT2D eigenvalue weighted by Crippen LogP contribution is -2.50. The van der Waals surface area contributed by atoms with Crippen LogP contribution in [0.3, 0.4) is 0 Å². The summed E-state index contributed by atoms with van der Waals surface area (Å²) in [6, 6.07) is 5.79. The lowest BCUT2D eigenvalue weighted by Gasteiger charge is -2.33. The molecule has 0 saturated carbocycles. The standard InChI is InChI=1S/C19H23N5O3/c1-13-4-5-17(27-3)15(10-13)22-18-12-20-16(11-21-18)19(26)24-8-6-23(7-9-24)14(2)25/h4-5,10-12H,6-9H2,1-3H3,(H,21,22). The highest BCUT2D eigenvalue weighted by Gasteiger charge is 2.24. The summed E-state index contributed by atoms with van der Waals surface area (Å²) in [5.41, 5.74) is 2.15. The summed E-state index contributed by atoms with van der Waals surface area (Å²) in [4.78, 5) is 35.9. The number of amides is 2. The van der Waals surface area contributed by atoms with Crippen molar-refractivity contribution >= 4 is 23.3 Å². The molecule has 2 amide bonds. The molecule has 1 aliphatic heterocycles. The van der Waals surface area contributed by atoms with Crippen LogP contribution in [-0.2, 0) is 4.79 Å². The van der Waals surface area contributed by atoms with Crippen LogP contribution in [0.1, 0.15) is 23.0 Å². The van der Waals surface area contributed by atoms with E-state index in [1.807, 2.05) is 25.1 Å². The first-order valence-corrected chi connectivity index (χ1v) is 8.76. The maximum Gasteiger partial charge on any atom is 0.274 e. The van der Waals surface area contributed by atoms with Gasteiger partial charge in [-0.05, 0) is 24.6 Å². The highest BCUT2D eigenvalue weighted by atomic mass is 16.5. The van der Waals surface area contributed by atoms with Crippen LogP contribution in [0.15, 0.2) is 30.6 Å². The smallest absolute Gasteiger partial charge is 0.274 e. The fourth-order valence-corrected chi connectivity index (χ4v) is 2.95. The zero-order valence-corrected chi connectivity index (χ0v) is 15.7. The van der Waals surface area contributed by atoms with Gasteiger partial charge in [-0.2, -0.15) is 0 Å². The van der Waals surface area contributed by atoms with Crippen molar-refractivity contribution < 1.29 is 14.3 Å². The molecule has 0 spiro atoms. The summed E-state index contributed by atoms with van der Waals surface area (Å²) < 4.78 is 5.34. The average Bonchev–Trinajstić information content (AvgIpc) is 2.68. The van der Waals surface area contributed by atoms with Crippen LogP contribution in [0.2, 0.25) is 0 Å². The zero-order chi connectivity index (χ0) is 19.4. The van der Waals surface area contributed by atoms with Gasteiger partial charge in [-0.1, -0.05) is 6.07 Å². The molecule has 0 radical (unpaired) electrons.